The zero-order valence-electron chi connectivity index (χ0n) is 9.10. The predicted molar refractivity (Wildman–Crippen MR) is 62.7 cm³/mol. The van der Waals surface area contributed by atoms with Gasteiger partial charge in [-0.05, 0) is 18.1 Å². The van der Waals surface area contributed by atoms with Crippen molar-refractivity contribution in [3.63, 3.8) is 0 Å². The number of carbonyl (C=O) groups excluding carboxylic acids is 1. The van der Waals surface area contributed by atoms with Gasteiger partial charge in [0.1, 0.15) is 5.76 Å². The van der Waals surface area contributed by atoms with E-state index in [0.717, 1.165) is 11.5 Å². The Hall–Kier alpha value is -0.740. The summed E-state index contributed by atoms with van der Waals surface area (Å²) in [5.74, 6) is 2.40. The Labute approximate surface area is 94.4 Å². The number of thioether (sulfide) groups is 1. The van der Waals surface area contributed by atoms with E-state index in [2.05, 4.69) is 0 Å². The number of hydrogen-bond acceptors (Lipinski definition) is 4. The minimum Gasteiger partial charge on any atom is -0.468 e. The van der Waals surface area contributed by atoms with Gasteiger partial charge < -0.3 is 10.2 Å². The first-order valence-electron chi connectivity index (χ1n) is 4.99. The van der Waals surface area contributed by atoms with Crippen LogP contribution in [0.5, 0.6) is 0 Å². The highest BCUT2D eigenvalue weighted by Gasteiger charge is 2.16. The number of rotatable bonds is 6. The fourth-order valence-electron chi connectivity index (χ4n) is 1.11. The van der Waals surface area contributed by atoms with Crippen LogP contribution in [0.2, 0.25) is 0 Å². The molecule has 0 bridgehead atoms. The fraction of sp³-hybridized carbons (Fsp3) is 0.545. The Morgan fingerprint density at radius 3 is 2.87 bits per heavy atom. The molecule has 0 fully saturated rings. The van der Waals surface area contributed by atoms with Crippen molar-refractivity contribution in [3.05, 3.63) is 24.2 Å². The first-order valence-corrected chi connectivity index (χ1v) is 6.15. The molecule has 0 aromatic carbocycles. The Kier molecular flexibility index (Phi) is 4.91. The van der Waals surface area contributed by atoms with Gasteiger partial charge in [0.05, 0.1) is 23.8 Å². The Bertz CT molecular complexity index is 296. The molecule has 0 saturated carbocycles. The summed E-state index contributed by atoms with van der Waals surface area (Å²) in [6.07, 6.45) is 1.64. The van der Waals surface area contributed by atoms with Crippen molar-refractivity contribution < 1.29 is 9.21 Å². The molecule has 0 radical (unpaired) electrons. The minimum atomic E-state index is -0.339. The van der Waals surface area contributed by atoms with Crippen LogP contribution in [0.1, 0.15) is 19.6 Å². The van der Waals surface area contributed by atoms with E-state index in [4.69, 9.17) is 10.2 Å². The third kappa shape index (κ3) is 4.10. The van der Waals surface area contributed by atoms with Gasteiger partial charge in [0.2, 0.25) is 0 Å². The highest BCUT2D eigenvalue weighted by molar-refractivity contribution is 7.99. The molecule has 1 aromatic rings. The van der Waals surface area contributed by atoms with Crippen LogP contribution < -0.4 is 5.73 Å². The van der Waals surface area contributed by atoms with E-state index in [9.17, 15) is 4.79 Å². The van der Waals surface area contributed by atoms with Gasteiger partial charge in [-0.2, -0.15) is 0 Å². The van der Waals surface area contributed by atoms with Crippen molar-refractivity contribution in [2.45, 2.75) is 25.6 Å². The topological polar surface area (TPSA) is 56.2 Å². The lowest BCUT2D eigenvalue weighted by molar-refractivity contribution is -0.118. The van der Waals surface area contributed by atoms with E-state index in [1.165, 1.54) is 0 Å². The minimum absolute atomic E-state index is 0.113. The highest BCUT2D eigenvalue weighted by atomic mass is 32.2. The van der Waals surface area contributed by atoms with Crippen molar-refractivity contribution in [1.29, 1.82) is 0 Å². The standard InChI is InChI=1S/C11H17NO2S/c1-8(2)11(12)10(13)7-15-6-9-4-3-5-14-9/h3-5,8,11H,6-7,12H2,1-2H3. The molecule has 1 rings (SSSR count). The number of ketones is 1. The third-order valence-corrected chi connectivity index (χ3v) is 3.14. The molecular formula is C11H17NO2S. The quantitative estimate of drug-likeness (QED) is 0.808. The smallest absolute Gasteiger partial charge is 0.159 e. The summed E-state index contributed by atoms with van der Waals surface area (Å²) < 4.78 is 5.16. The van der Waals surface area contributed by atoms with Crippen LogP contribution in [0.15, 0.2) is 22.8 Å². The summed E-state index contributed by atoms with van der Waals surface area (Å²) in [5, 5.41) is 0. The molecule has 15 heavy (non-hydrogen) atoms. The van der Waals surface area contributed by atoms with Crippen molar-refractivity contribution in [1.82, 2.24) is 0 Å². The van der Waals surface area contributed by atoms with Gasteiger partial charge in [-0.25, -0.2) is 0 Å². The van der Waals surface area contributed by atoms with Gasteiger partial charge in [0.25, 0.3) is 0 Å². The molecule has 1 unspecified atom stereocenters. The van der Waals surface area contributed by atoms with Crippen LogP contribution in [-0.4, -0.2) is 17.6 Å². The number of furan rings is 1. The van der Waals surface area contributed by atoms with Crippen molar-refractivity contribution in [2.75, 3.05) is 5.75 Å². The van der Waals surface area contributed by atoms with Gasteiger partial charge in [0, 0.05) is 0 Å². The molecule has 1 atom stereocenters. The third-order valence-electron chi connectivity index (χ3n) is 2.16. The van der Waals surface area contributed by atoms with E-state index >= 15 is 0 Å². The molecule has 1 heterocycles. The summed E-state index contributed by atoms with van der Waals surface area (Å²) in [4.78, 5) is 11.5. The molecule has 3 nitrogen and oxygen atoms in total. The lowest BCUT2D eigenvalue weighted by Gasteiger charge is -2.13. The number of Topliss-reactive ketones (excluding diaryl/α,β-unsaturated/α-hetero) is 1. The summed E-state index contributed by atoms with van der Waals surface area (Å²) in [5.41, 5.74) is 5.73. The van der Waals surface area contributed by atoms with E-state index in [0.29, 0.717) is 5.75 Å². The lowest BCUT2D eigenvalue weighted by Crippen LogP contribution is -2.36. The molecule has 0 saturated heterocycles. The predicted octanol–water partition coefficient (Wildman–Crippen LogP) is 2.07. The maximum absolute atomic E-state index is 11.5. The van der Waals surface area contributed by atoms with Gasteiger partial charge in [-0.15, -0.1) is 11.8 Å². The zero-order valence-corrected chi connectivity index (χ0v) is 9.92. The first kappa shape index (κ1) is 12.3. The summed E-state index contributed by atoms with van der Waals surface area (Å²) >= 11 is 1.54. The molecule has 2 N–H and O–H groups in total. The Morgan fingerprint density at radius 2 is 2.33 bits per heavy atom. The normalized spacial score (nSPS) is 13.1. The monoisotopic (exact) mass is 227 g/mol. The molecule has 1 aromatic heterocycles. The van der Waals surface area contributed by atoms with Crippen molar-refractivity contribution in [3.8, 4) is 0 Å². The summed E-state index contributed by atoms with van der Waals surface area (Å²) in [6, 6.07) is 3.41. The van der Waals surface area contributed by atoms with Crippen LogP contribution in [0.4, 0.5) is 0 Å². The fourth-order valence-corrected chi connectivity index (χ4v) is 1.98. The highest BCUT2D eigenvalue weighted by Crippen LogP contribution is 2.13. The lowest BCUT2D eigenvalue weighted by atomic mass is 10.0. The molecular weight excluding hydrogens is 210 g/mol. The van der Waals surface area contributed by atoms with E-state index in [1.807, 2.05) is 26.0 Å². The van der Waals surface area contributed by atoms with Crippen LogP contribution in [0.3, 0.4) is 0 Å². The van der Waals surface area contributed by atoms with Gasteiger partial charge in [0.15, 0.2) is 5.78 Å². The number of carbonyl (C=O) groups is 1. The van der Waals surface area contributed by atoms with Gasteiger partial charge in [-0.1, -0.05) is 13.8 Å². The van der Waals surface area contributed by atoms with E-state index in [1.54, 1.807) is 18.0 Å². The maximum Gasteiger partial charge on any atom is 0.159 e. The Balaban J connectivity index is 2.23. The molecule has 0 amide bonds. The second-order valence-electron chi connectivity index (χ2n) is 3.81. The maximum atomic E-state index is 11.5. The molecule has 84 valence electrons. The average molecular weight is 227 g/mol. The largest absolute Gasteiger partial charge is 0.468 e. The van der Waals surface area contributed by atoms with Gasteiger partial charge >= 0.3 is 0 Å². The SMILES string of the molecule is CC(C)C(N)C(=O)CSCc1ccco1. The summed E-state index contributed by atoms with van der Waals surface area (Å²) in [6.45, 7) is 3.92. The molecule has 0 spiro atoms. The average Bonchev–Trinajstić information content (AvgIpc) is 2.69. The van der Waals surface area contributed by atoms with Gasteiger partial charge in [-0.3, -0.25) is 4.79 Å². The first-order chi connectivity index (χ1) is 7.11. The summed E-state index contributed by atoms with van der Waals surface area (Å²) in [7, 11) is 0. The molecule has 0 aliphatic rings. The zero-order chi connectivity index (χ0) is 11.3. The molecule has 0 aliphatic heterocycles. The van der Waals surface area contributed by atoms with Crippen LogP contribution in [0, 0.1) is 5.92 Å². The Morgan fingerprint density at radius 1 is 1.60 bits per heavy atom. The second kappa shape index (κ2) is 5.98. The molecule has 4 heteroatoms. The van der Waals surface area contributed by atoms with Crippen LogP contribution in [-0.2, 0) is 10.5 Å². The number of nitrogens with two attached hydrogens (primary N) is 1. The van der Waals surface area contributed by atoms with E-state index < -0.39 is 0 Å². The molecule has 0 aliphatic carbocycles. The van der Waals surface area contributed by atoms with Crippen LogP contribution >= 0.6 is 11.8 Å². The van der Waals surface area contributed by atoms with Crippen molar-refractivity contribution in [2.24, 2.45) is 11.7 Å². The van der Waals surface area contributed by atoms with Crippen molar-refractivity contribution >= 4 is 17.5 Å². The second-order valence-corrected chi connectivity index (χ2v) is 4.79. The van der Waals surface area contributed by atoms with E-state index in [-0.39, 0.29) is 17.7 Å². The number of hydrogen-bond donors (Lipinski definition) is 1. The van der Waals surface area contributed by atoms with Crippen LogP contribution in [0.25, 0.3) is 0 Å².